The van der Waals surface area contributed by atoms with Crippen molar-refractivity contribution in [3.8, 4) is 6.01 Å². The van der Waals surface area contributed by atoms with E-state index in [2.05, 4.69) is 44.8 Å². The lowest BCUT2D eigenvalue weighted by Crippen LogP contribution is -2.56. The van der Waals surface area contributed by atoms with Gasteiger partial charge in [0, 0.05) is 54.8 Å². The number of hydrogen-bond acceptors (Lipinski definition) is 8. The third kappa shape index (κ3) is 6.39. The second-order valence-corrected chi connectivity index (χ2v) is 11.2. The summed E-state index contributed by atoms with van der Waals surface area (Å²) in [6, 6.07) is 6.22. The van der Waals surface area contributed by atoms with Crippen molar-refractivity contribution in [1.29, 1.82) is 0 Å². The fourth-order valence-corrected chi connectivity index (χ4v) is 5.98. The first-order chi connectivity index (χ1) is 21.1. The van der Waals surface area contributed by atoms with Crippen LogP contribution in [0.15, 0.2) is 42.7 Å². The first kappa shape index (κ1) is 28.8. The molecule has 2 aliphatic heterocycles. The van der Waals surface area contributed by atoms with Crippen LogP contribution in [-0.4, -0.2) is 90.5 Å². The Morgan fingerprint density at radius 2 is 2.05 bits per heavy atom. The van der Waals surface area contributed by atoms with Gasteiger partial charge in [-0.05, 0) is 37.8 Å². The summed E-state index contributed by atoms with van der Waals surface area (Å²) in [5.74, 6) is 0.515. The van der Waals surface area contributed by atoms with Gasteiger partial charge in [-0.25, -0.2) is 11.0 Å². The third-order valence-corrected chi connectivity index (χ3v) is 8.24. The smallest absolute Gasteiger partial charge is 0.318 e. The van der Waals surface area contributed by atoms with Gasteiger partial charge in [0.05, 0.1) is 36.8 Å². The molecule has 0 spiro atoms. The van der Waals surface area contributed by atoms with E-state index in [1.54, 1.807) is 4.90 Å². The monoisotopic (exact) mass is 585 g/mol. The third-order valence-electron chi connectivity index (χ3n) is 8.24. The number of allylic oxidation sites excluding steroid dienone is 1. The number of carbonyl (C=O) groups is 1. The highest BCUT2D eigenvalue weighted by Gasteiger charge is 2.35. The molecule has 1 aromatic carbocycles. The number of anilines is 2. The van der Waals surface area contributed by atoms with Crippen LogP contribution >= 0.6 is 0 Å². The number of pyridine rings is 1. The molecule has 0 bridgehead atoms. The van der Waals surface area contributed by atoms with Crippen molar-refractivity contribution >= 4 is 28.2 Å². The highest BCUT2D eigenvalue weighted by Crippen LogP contribution is 2.35. The zero-order valence-corrected chi connectivity index (χ0v) is 24.4. The standard InChI is InChI=1S/C32H36FN7O3/c1-22-5-3-6-23-17-35-19-28(30(22)23)38-12-10-26-27(21-38)36-32(43-16-15-42-25-8-9-25)37-31(26)39-13-14-40(24(20-39)18-34-2)29(41)7-4-11-33/h3-7,17,19,24-25H,8-16,18,20-21H2,1H3/b7-4+/t24-/m0/s1. The van der Waals surface area contributed by atoms with Crippen molar-refractivity contribution in [3.05, 3.63) is 71.0 Å². The van der Waals surface area contributed by atoms with Gasteiger partial charge in [-0.2, -0.15) is 9.97 Å². The number of carbonyl (C=O) groups excluding carboxylic acids is 1. The Morgan fingerprint density at radius 3 is 2.86 bits per heavy atom. The number of alkyl halides is 1. The van der Waals surface area contributed by atoms with Crippen LogP contribution in [0.3, 0.4) is 0 Å². The van der Waals surface area contributed by atoms with E-state index in [4.69, 9.17) is 26.0 Å². The van der Waals surface area contributed by atoms with Crippen LogP contribution in [0, 0.1) is 13.5 Å². The zero-order valence-electron chi connectivity index (χ0n) is 24.4. The second-order valence-electron chi connectivity index (χ2n) is 11.2. The molecule has 6 rings (SSSR count). The van der Waals surface area contributed by atoms with Gasteiger partial charge >= 0.3 is 6.01 Å². The molecule has 2 aromatic heterocycles. The SMILES string of the molecule is [C-]#[N+]C[C@H]1CN(c2nc(OCCOC3CC3)nc3c2CCN(c2cncc4cccc(C)c24)C3)CCN1C(=O)/C=C/CF. The molecular formula is C32H36FN7O3. The Hall–Kier alpha value is -4.30. The number of hydrogen-bond donors (Lipinski definition) is 0. The molecule has 0 unspecified atom stereocenters. The molecule has 224 valence electrons. The number of rotatable bonds is 10. The van der Waals surface area contributed by atoms with Crippen molar-refractivity contribution in [2.45, 2.75) is 44.9 Å². The number of nitrogens with zero attached hydrogens (tertiary/aromatic N) is 7. The molecule has 1 atom stereocenters. The molecule has 10 nitrogen and oxygen atoms in total. The summed E-state index contributed by atoms with van der Waals surface area (Å²) >= 11 is 0. The number of benzene rings is 1. The maximum absolute atomic E-state index is 12.7. The molecule has 4 heterocycles. The van der Waals surface area contributed by atoms with Gasteiger partial charge in [-0.1, -0.05) is 18.2 Å². The van der Waals surface area contributed by atoms with Crippen LogP contribution < -0.4 is 14.5 Å². The number of aromatic nitrogens is 3. The molecule has 0 radical (unpaired) electrons. The molecule has 0 N–H and O–H groups in total. The summed E-state index contributed by atoms with van der Waals surface area (Å²) in [4.78, 5) is 36.7. The fraction of sp³-hybridized carbons (Fsp3) is 0.469. The molecular weight excluding hydrogens is 549 g/mol. The molecule has 3 aromatic rings. The molecule has 1 saturated heterocycles. The van der Waals surface area contributed by atoms with Crippen LogP contribution in [0.5, 0.6) is 6.01 Å². The Kier molecular flexibility index (Phi) is 8.65. The van der Waals surface area contributed by atoms with E-state index < -0.39 is 6.67 Å². The maximum Gasteiger partial charge on any atom is 0.318 e. The van der Waals surface area contributed by atoms with Crippen LogP contribution in [0.1, 0.15) is 29.7 Å². The van der Waals surface area contributed by atoms with Gasteiger partial charge in [0.1, 0.15) is 25.1 Å². The van der Waals surface area contributed by atoms with Crippen molar-refractivity contribution < 1.29 is 18.7 Å². The van der Waals surface area contributed by atoms with E-state index in [9.17, 15) is 9.18 Å². The molecule has 1 saturated carbocycles. The summed E-state index contributed by atoms with van der Waals surface area (Å²) in [7, 11) is 0. The summed E-state index contributed by atoms with van der Waals surface area (Å²) < 4.78 is 24.5. The minimum Gasteiger partial charge on any atom is -0.461 e. The van der Waals surface area contributed by atoms with E-state index in [1.165, 1.54) is 23.1 Å². The highest BCUT2D eigenvalue weighted by atomic mass is 19.1. The molecule has 3 aliphatic rings. The Bertz CT molecular complexity index is 1550. The average molecular weight is 586 g/mol. The van der Waals surface area contributed by atoms with Gasteiger partial charge in [0.15, 0.2) is 0 Å². The topological polar surface area (TPSA) is 88.3 Å². The molecule has 1 amide bonds. The van der Waals surface area contributed by atoms with Gasteiger partial charge in [-0.3, -0.25) is 9.78 Å². The number of aryl methyl sites for hydroxylation is 1. The minimum atomic E-state index is -0.702. The average Bonchev–Trinajstić information content (AvgIpc) is 3.86. The fourth-order valence-electron chi connectivity index (χ4n) is 5.98. The lowest BCUT2D eigenvalue weighted by Gasteiger charge is -2.41. The van der Waals surface area contributed by atoms with Crippen molar-refractivity contribution in [2.24, 2.45) is 0 Å². The van der Waals surface area contributed by atoms with Crippen LogP contribution in [0.4, 0.5) is 15.9 Å². The minimum absolute atomic E-state index is 0.155. The number of fused-ring (bicyclic) bond motifs is 2. The number of piperazine rings is 1. The van der Waals surface area contributed by atoms with E-state index in [0.29, 0.717) is 51.5 Å². The van der Waals surface area contributed by atoms with Gasteiger partial charge in [-0.15, -0.1) is 0 Å². The van der Waals surface area contributed by atoms with Crippen molar-refractivity contribution in [3.63, 3.8) is 0 Å². The molecule has 43 heavy (non-hydrogen) atoms. The van der Waals surface area contributed by atoms with Crippen LogP contribution in [-0.2, 0) is 22.5 Å². The molecule has 1 aliphatic carbocycles. The number of halogens is 1. The van der Waals surface area contributed by atoms with Crippen LogP contribution in [0.2, 0.25) is 0 Å². The number of amides is 1. The van der Waals surface area contributed by atoms with E-state index in [-0.39, 0.29) is 18.5 Å². The maximum atomic E-state index is 12.7. The largest absolute Gasteiger partial charge is 0.461 e. The first-order valence-corrected chi connectivity index (χ1v) is 14.9. The quantitative estimate of drug-likeness (QED) is 0.201. The zero-order chi connectivity index (χ0) is 29.8. The summed E-state index contributed by atoms with van der Waals surface area (Å²) in [5, 5.41) is 2.29. The molecule has 11 heteroatoms. The molecule has 2 fully saturated rings. The predicted molar refractivity (Wildman–Crippen MR) is 162 cm³/mol. The summed E-state index contributed by atoms with van der Waals surface area (Å²) in [6.45, 7) is 12.6. The van der Waals surface area contributed by atoms with Gasteiger partial charge in [0.2, 0.25) is 12.5 Å². The van der Waals surface area contributed by atoms with Gasteiger partial charge in [0.25, 0.3) is 0 Å². The van der Waals surface area contributed by atoms with Gasteiger partial charge < -0.3 is 29.0 Å². The lowest BCUT2D eigenvalue weighted by atomic mass is 10.0. The normalized spacial score (nSPS) is 18.6. The van der Waals surface area contributed by atoms with E-state index in [0.717, 1.165) is 54.0 Å². The predicted octanol–water partition coefficient (Wildman–Crippen LogP) is 3.92. The van der Waals surface area contributed by atoms with E-state index in [1.807, 2.05) is 12.4 Å². The van der Waals surface area contributed by atoms with Crippen molar-refractivity contribution in [2.75, 3.05) is 62.4 Å². The Morgan fingerprint density at radius 1 is 1.16 bits per heavy atom. The lowest BCUT2D eigenvalue weighted by molar-refractivity contribution is -0.128. The van der Waals surface area contributed by atoms with Crippen molar-refractivity contribution in [1.82, 2.24) is 19.9 Å². The number of ether oxygens (including phenoxy) is 2. The summed E-state index contributed by atoms with van der Waals surface area (Å²) in [6.07, 6.45) is 9.56. The Balaban J connectivity index is 1.29. The highest BCUT2D eigenvalue weighted by molar-refractivity contribution is 5.96. The first-order valence-electron chi connectivity index (χ1n) is 14.9. The van der Waals surface area contributed by atoms with Crippen LogP contribution in [0.25, 0.3) is 15.6 Å². The Labute approximate surface area is 250 Å². The second kappa shape index (κ2) is 12.9. The van der Waals surface area contributed by atoms with E-state index >= 15 is 0 Å². The summed E-state index contributed by atoms with van der Waals surface area (Å²) in [5.41, 5.74) is 4.23.